The largest absolute Gasteiger partial charge is 0.384 e. The molecular formula is C9H7FN4S2. The molecule has 0 aliphatic rings. The first-order valence-corrected chi connectivity index (χ1v) is 5.94. The summed E-state index contributed by atoms with van der Waals surface area (Å²) in [4.78, 5) is 0.446. The Morgan fingerprint density at radius 3 is 2.88 bits per heavy atom. The Balaban J connectivity index is 2.26. The summed E-state index contributed by atoms with van der Waals surface area (Å²) >= 11 is 2.54. The first kappa shape index (κ1) is 11.0. The Hall–Kier alpha value is -1.47. The first-order valence-electron chi connectivity index (χ1n) is 4.25. The molecule has 1 aromatic carbocycles. The SMILES string of the molecule is N=C(N)c1ccc(Sc2nncs2)c(F)c1. The number of aromatic nitrogens is 2. The van der Waals surface area contributed by atoms with Gasteiger partial charge in [0.05, 0.1) is 4.90 Å². The van der Waals surface area contributed by atoms with Gasteiger partial charge in [-0.15, -0.1) is 10.2 Å². The molecule has 3 N–H and O–H groups in total. The minimum absolute atomic E-state index is 0.147. The molecule has 2 aromatic rings. The fourth-order valence-corrected chi connectivity index (χ4v) is 2.49. The second-order valence-electron chi connectivity index (χ2n) is 2.87. The fraction of sp³-hybridized carbons (Fsp3) is 0. The van der Waals surface area contributed by atoms with Gasteiger partial charge in [-0.3, -0.25) is 5.41 Å². The van der Waals surface area contributed by atoms with E-state index in [1.165, 1.54) is 29.2 Å². The monoisotopic (exact) mass is 254 g/mol. The van der Waals surface area contributed by atoms with Gasteiger partial charge in [-0.2, -0.15) is 0 Å². The van der Waals surface area contributed by atoms with Gasteiger partial charge in [0.1, 0.15) is 17.2 Å². The van der Waals surface area contributed by atoms with Crippen molar-refractivity contribution in [3.8, 4) is 0 Å². The van der Waals surface area contributed by atoms with Gasteiger partial charge in [-0.25, -0.2) is 4.39 Å². The van der Waals surface area contributed by atoms with Crippen LogP contribution in [0.3, 0.4) is 0 Å². The van der Waals surface area contributed by atoms with Crippen molar-refractivity contribution in [3.63, 3.8) is 0 Å². The average Bonchev–Trinajstić information content (AvgIpc) is 2.73. The van der Waals surface area contributed by atoms with Gasteiger partial charge in [0.2, 0.25) is 0 Å². The molecule has 0 bridgehead atoms. The van der Waals surface area contributed by atoms with E-state index in [1.54, 1.807) is 17.6 Å². The number of nitrogens with zero attached hydrogens (tertiary/aromatic N) is 2. The summed E-state index contributed by atoms with van der Waals surface area (Å²) in [6, 6.07) is 4.43. The number of amidine groups is 1. The van der Waals surface area contributed by atoms with Crippen molar-refractivity contribution in [2.75, 3.05) is 0 Å². The van der Waals surface area contributed by atoms with Crippen molar-refractivity contribution in [1.82, 2.24) is 10.2 Å². The van der Waals surface area contributed by atoms with Gasteiger partial charge in [-0.1, -0.05) is 23.1 Å². The maximum atomic E-state index is 13.6. The summed E-state index contributed by atoms with van der Waals surface area (Å²) in [5.74, 6) is -0.556. The lowest BCUT2D eigenvalue weighted by atomic mass is 10.2. The molecule has 0 spiro atoms. The van der Waals surface area contributed by atoms with Gasteiger partial charge in [-0.05, 0) is 18.2 Å². The minimum Gasteiger partial charge on any atom is -0.384 e. The Labute approximate surface area is 99.2 Å². The number of benzene rings is 1. The number of nitrogens with one attached hydrogen (secondary N) is 1. The molecule has 4 nitrogen and oxygen atoms in total. The molecule has 0 aliphatic heterocycles. The van der Waals surface area contributed by atoms with E-state index in [-0.39, 0.29) is 5.84 Å². The fourth-order valence-electron chi connectivity index (χ4n) is 1.05. The van der Waals surface area contributed by atoms with Crippen LogP contribution in [-0.4, -0.2) is 16.0 Å². The molecular weight excluding hydrogens is 247 g/mol. The molecule has 2 rings (SSSR count). The third-order valence-corrected chi connectivity index (χ3v) is 3.61. The maximum Gasteiger partial charge on any atom is 0.178 e. The van der Waals surface area contributed by atoms with Crippen LogP contribution in [0.25, 0.3) is 0 Å². The molecule has 0 fully saturated rings. The zero-order valence-electron chi connectivity index (χ0n) is 7.98. The van der Waals surface area contributed by atoms with E-state index in [9.17, 15) is 4.39 Å². The second kappa shape index (κ2) is 4.58. The summed E-state index contributed by atoms with van der Waals surface area (Å²) < 4.78 is 14.3. The van der Waals surface area contributed by atoms with E-state index < -0.39 is 5.82 Å². The summed E-state index contributed by atoms with van der Waals surface area (Å²) in [6.45, 7) is 0. The number of hydrogen-bond donors (Lipinski definition) is 2. The lowest BCUT2D eigenvalue weighted by molar-refractivity contribution is 0.601. The normalized spacial score (nSPS) is 10.3. The third-order valence-electron chi connectivity index (χ3n) is 1.78. The Kier molecular flexibility index (Phi) is 3.16. The highest BCUT2D eigenvalue weighted by atomic mass is 32.2. The Bertz CT molecular complexity index is 512. The summed E-state index contributed by atoms with van der Waals surface area (Å²) in [7, 11) is 0. The summed E-state index contributed by atoms with van der Waals surface area (Å²) in [6.07, 6.45) is 0. The minimum atomic E-state index is -0.409. The van der Waals surface area contributed by atoms with Gasteiger partial charge in [0, 0.05) is 5.56 Å². The van der Waals surface area contributed by atoms with Crippen LogP contribution in [0, 0.1) is 11.2 Å². The predicted molar refractivity (Wildman–Crippen MR) is 61.4 cm³/mol. The van der Waals surface area contributed by atoms with Crippen LogP contribution in [-0.2, 0) is 0 Å². The van der Waals surface area contributed by atoms with Crippen molar-refractivity contribution in [2.24, 2.45) is 5.73 Å². The highest BCUT2D eigenvalue weighted by molar-refractivity contribution is 8.01. The topological polar surface area (TPSA) is 75.7 Å². The smallest absolute Gasteiger partial charge is 0.178 e. The maximum absolute atomic E-state index is 13.6. The number of halogens is 1. The van der Waals surface area contributed by atoms with Crippen LogP contribution in [0.2, 0.25) is 0 Å². The number of hydrogen-bond acceptors (Lipinski definition) is 5. The molecule has 0 aliphatic carbocycles. The Morgan fingerprint density at radius 2 is 2.31 bits per heavy atom. The van der Waals surface area contributed by atoms with Crippen LogP contribution < -0.4 is 5.73 Å². The third kappa shape index (κ3) is 2.37. The van der Waals surface area contributed by atoms with Crippen LogP contribution >= 0.6 is 23.1 Å². The van der Waals surface area contributed by atoms with E-state index in [0.29, 0.717) is 14.8 Å². The van der Waals surface area contributed by atoms with Crippen molar-refractivity contribution in [1.29, 1.82) is 5.41 Å². The molecule has 0 atom stereocenters. The van der Waals surface area contributed by atoms with Crippen LogP contribution in [0.15, 0.2) is 32.9 Å². The van der Waals surface area contributed by atoms with Crippen molar-refractivity contribution < 1.29 is 4.39 Å². The molecule has 1 heterocycles. The van der Waals surface area contributed by atoms with E-state index in [2.05, 4.69) is 10.2 Å². The molecule has 7 heteroatoms. The van der Waals surface area contributed by atoms with E-state index >= 15 is 0 Å². The van der Waals surface area contributed by atoms with E-state index in [4.69, 9.17) is 11.1 Å². The summed E-state index contributed by atoms with van der Waals surface area (Å²) in [5, 5.41) is 14.7. The molecule has 0 saturated heterocycles. The van der Waals surface area contributed by atoms with Crippen molar-refractivity contribution in [2.45, 2.75) is 9.24 Å². The zero-order chi connectivity index (χ0) is 11.5. The highest BCUT2D eigenvalue weighted by Crippen LogP contribution is 2.30. The van der Waals surface area contributed by atoms with E-state index in [1.807, 2.05) is 0 Å². The predicted octanol–water partition coefficient (Wildman–Crippen LogP) is 2.11. The quantitative estimate of drug-likeness (QED) is 0.649. The lowest BCUT2D eigenvalue weighted by Crippen LogP contribution is -2.11. The average molecular weight is 254 g/mol. The molecule has 0 amide bonds. The first-order chi connectivity index (χ1) is 7.66. The number of nitrogens with two attached hydrogens (primary N) is 1. The van der Waals surface area contributed by atoms with Gasteiger partial charge >= 0.3 is 0 Å². The molecule has 16 heavy (non-hydrogen) atoms. The standard InChI is InChI=1S/C9H7FN4S2/c10-6-3-5(8(11)12)1-2-7(6)16-9-14-13-4-15-9/h1-4H,(H3,11,12). The van der Waals surface area contributed by atoms with Crippen LogP contribution in [0.5, 0.6) is 0 Å². The summed E-state index contributed by atoms with van der Waals surface area (Å²) in [5.41, 5.74) is 7.22. The zero-order valence-corrected chi connectivity index (χ0v) is 9.61. The molecule has 82 valence electrons. The molecule has 0 radical (unpaired) electrons. The van der Waals surface area contributed by atoms with Gasteiger partial charge in [0.15, 0.2) is 4.34 Å². The van der Waals surface area contributed by atoms with Crippen molar-refractivity contribution >= 4 is 28.9 Å². The molecule has 0 saturated carbocycles. The number of nitrogen functional groups attached to an aromatic ring is 1. The Morgan fingerprint density at radius 1 is 1.50 bits per heavy atom. The van der Waals surface area contributed by atoms with Gasteiger partial charge < -0.3 is 5.73 Å². The highest BCUT2D eigenvalue weighted by Gasteiger charge is 2.08. The molecule has 0 unspecified atom stereocenters. The van der Waals surface area contributed by atoms with Crippen molar-refractivity contribution in [3.05, 3.63) is 35.1 Å². The van der Waals surface area contributed by atoms with E-state index in [0.717, 1.165) is 0 Å². The number of rotatable bonds is 3. The van der Waals surface area contributed by atoms with Gasteiger partial charge in [0.25, 0.3) is 0 Å². The second-order valence-corrected chi connectivity index (χ2v) is 4.99. The molecule has 1 aromatic heterocycles. The van der Waals surface area contributed by atoms with Crippen LogP contribution in [0.4, 0.5) is 4.39 Å². The van der Waals surface area contributed by atoms with Crippen LogP contribution in [0.1, 0.15) is 5.56 Å². The lowest BCUT2D eigenvalue weighted by Gasteiger charge is -2.02.